The number of hydrogen-bond donors (Lipinski definition) is 4. The number of nitrogens with one attached hydrogen (secondary N) is 1. The van der Waals surface area contributed by atoms with Crippen molar-refractivity contribution in [2.75, 3.05) is 40.9 Å². The van der Waals surface area contributed by atoms with E-state index < -0.39 is 32.7 Å². The molecule has 4 N–H and O–H groups in total. The largest absolute Gasteiger partial charge is 0.472 e. The van der Waals surface area contributed by atoms with E-state index in [4.69, 9.17) is 9.05 Å². The molecule has 0 radical (unpaired) electrons. The third kappa shape index (κ3) is 51.1. The van der Waals surface area contributed by atoms with Crippen molar-refractivity contribution in [1.82, 2.24) is 5.32 Å². The number of quaternary nitrogens is 1. The number of hydrogen-bond acceptors (Lipinski definition) is 6. The number of phosphoric ester groups is 1. The fourth-order valence-corrected chi connectivity index (χ4v) is 9.33. The molecule has 4 unspecified atom stereocenters. The zero-order valence-electron chi connectivity index (χ0n) is 45.9. The van der Waals surface area contributed by atoms with Crippen LogP contribution in [0, 0.1) is 0 Å². The number of phosphoric acid groups is 1. The number of aliphatic hydroxyl groups excluding tert-OH is 2. The van der Waals surface area contributed by atoms with E-state index in [1.807, 2.05) is 28.1 Å². The average molecular weight is 995 g/mol. The summed E-state index contributed by atoms with van der Waals surface area (Å²) in [5.74, 6) is -0.272. The number of carbonyl (C=O) groups is 1. The van der Waals surface area contributed by atoms with Gasteiger partial charge in [-0.2, -0.15) is 0 Å². The minimum absolute atomic E-state index is 0.0125. The Morgan fingerprint density at radius 3 is 1.29 bits per heavy atom. The first-order chi connectivity index (χ1) is 33.4. The summed E-state index contributed by atoms with van der Waals surface area (Å²) in [5, 5.41) is 24.7. The lowest BCUT2D eigenvalue weighted by molar-refractivity contribution is -0.870. The molecule has 10 heteroatoms. The van der Waals surface area contributed by atoms with Gasteiger partial charge in [-0.05, 0) is 84.0 Å². The maximum absolute atomic E-state index is 13.0. The summed E-state index contributed by atoms with van der Waals surface area (Å²) in [4.78, 5) is 23.3. The summed E-state index contributed by atoms with van der Waals surface area (Å²) in [6, 6.07) is -1.06. The topological polar surface area (TPSA) is 125 Å². The molecule has 406 valence electrons. The molecule has 4 atom stereocenters. The lowest BCUT2D eigenvalue weighted by atomic mass is 10.0. The summed E-state index contributed by atoms with van der Waals surface area (Å²) in [5.41, 5.74) is 0. The zero-order valence-corrected chi connectivity index (χ0v) is 46.8. The number of nitrogens with zero attached hydrogens (tertiary/aromatic N) is 1. The average Bonchev–Trinajstić information content (AvgIpc) is 3.31. The van der Waals surface area contributed by atoms with Crippen molar-refractivity contribution in [3.8, 4) is 0 Å². The Kier molecular flexibility index (Phi) is 48.8. The molecule has 0 bridgehead atoms. The monoisotopic (exact) mass is 994 g/mol. The number of likely N-dealkylation sites (N-methyl/N-ethyl adjacent to an activating group) is 1. The van der Waals surface area contributed by atoms with Crippen LogP contribution >= 0.6 is 7.82 Å². The van der Waals surface area contributed by atoms with Crippen molar-refractivity contribution < 1.29 is 38.0 Å². The Morgan fingerprint density at radius 1 is 0.522 bits per heavy atom. The first kappa shape index (κ1) is 67.4. The Labute approximate surface area is 427 Å². The molecule has 0 saturated carbocycles. The van der Waals surface area contributed by atoms with Gasteiger partial charge in [0, 0.05) is 6.42 Å². The fourth-order valence-electron chi connectivity index (χ4n) is 8.59. The number of amides is 1. The molecule has 0 aromatic heterocycles. The molecular formula is C59H114N2O7P+. The first-order valence-corrected chi connectivity index (χ1v) is 30.5. The maximum atomic E-state index is 13.0. The summed E-state index contributed by atoms with van der Waals surface area (Å²) >= 11 is 0. The van der Waals surface area contributed by atoms with E-state index in [0.717, 1.165) is 51.4 Å². The van der Waals surface area contributed by atoms with Gasteiger partial charge in [0.2, 0.25) is 5.91 Å². The molecule has 0 spiro atoms. The maximum Gasteiger partial charge on any atom is 0.472 e. The van der Waals surface area contributed by atoms with Gasteiger partial charge in [0.05, 0.1) is 39.9 Å². The highest BCUT2D eigenvalue weighted by molar-refractivity contribution is 7.47. The molecule has 0 aromatic carbocycles. The molecule has 0 heterocycles. The van der Waals surface area contributed by atoms with E-state index in [9.17, 15) is 24.5 Å². The van der Waals surface area contributed by atoms with Crippen molar-refractivity contribution in [2.24, 2.45) is 0 Å². The Balaban J connectivity index is 4.06. The van der Waals surface area contributed by atoms with Crippen LogP contribution in [-0.2, 0) is 18.4 Å². The summed E-state index contributed by atoms with van der Waals surface area (Å²) in [6.45, 7) is 4.38. The van der Waals surface area contributed by atoms with E-state index in [-0.39, 0.29) is 18.9 Å². The SMILES string of the molecule is C/C=C/CC/C=C/CC/C=C/CCCC(O)C(O)C(COP(=O)(O)OCC[N+](C)(C)C)NC(=O)CCCCCCCCCCCCCCCCCCCCCCC/C=C\CCCCCCCCCC. The van der Waals surface area contributed by atoms with Crippen molar-refractivity contribution >= 4 is 13.7 Å². The summed E-state index contributed by atoms with van der Waals surface area (Å²) in [6.07, 6.45) is 62.4. The van der Waals surface area contributed by atoms with Gasteiger partial charge in [-0.3, -0.25) is 13.8 Å². The Morgan fingerprint density at radius 2 is 0.884 bits per heavy atom. The molecule has 0 fully saturated rings. The Hall–Kier alpha value is -1.58. The van der Waals surface area contributed by atoms with Crippen LogP contribution in [0.1, 0.15) is 264 Å². The molecule has 69 heavy (non-hydrogen) atoms. The number of allylic oxidation sites excluding steroid dienone is 8. The molecule has 0 aromatic rings. The van der Waals surface area contributed by atoms with Gasteiger partial charge in [-0.25, -0.2) is 4.57 Å². The van der Waals surface area contributed by atoms with Crippen LogP contribution in [0.2, 0.25) is 0 Å². The lowest BCUT2D eigenvalue weighted by Gasteiger charge is -2.28. The van der Waals surface area contributed by atoms with Crippen molar-refractivity contribution in [1.29, 1.82) is 0 Å². The molecule has 0 aliphatic heterocycles. The third-order valence-corrected chi connectivity index (χ3v) is 14.2. The molecule has 1 amide bonds. The van der Waals surface area contributed by atoms with Crippen molar-refractivity contribution in [2.45, 2.75) is 283 Å². The highest BCUT2D eigenvalue weighted by Crippen LogP contribution is 2.43. The second-order valence-electron chi connectivity index (χ2n) is 21.1. The van der Waals surface area contributed by atoms with E-state index >= 15 is 0 Å². The quantitative estimate of drug-likeness (QED) is 0.0207. The van der Waals surface area contributed by atoms with E-state index in [0.29, 0.717) is 23.9 Å². The minimum Gasteiger partial charge on any atom is -0.390 e. The van der Waals surface area contributed by atoms with Crippen LogP contribution in [0.4, 0.5) is 0 Å². The Bertz CT molecular complexity index is 1280. The van der Waals surface area contributed by atoms with Gasteiger partial charge >= 0.3 is 7.82 Å². The molecule has 0 aliphatic rings. The van der Waals surface area contributed by atoms with Gasteiger partial charge < -0.3 is 24.9 Å². The fraction of sp³-hybridized carbons (Fsp3) is 0.847. The van der Waals surface area contributed by atoms with Crippen LogP contribution in [0.15, 0.2) is 48.6 Å². The molecule has 0 rings (SSSR count). The van der Waals surface area contributed by atoms with Crippen LogP contribution in [0.5, 0.6) is 0 Å². The van der Waals surface area contributed by atoms with Crippen molar-refractivity contribution in [3.05, 3.63) is 48.6 Å². The van der Waals surface area contributed by atoms with Crippen LogP contribution in [-0.4, -0.2) is 84.6 Å². The summed E-state index contributed by atoms with van der Waals surface area (Å²) < 4.78 is 23.6. The second kappa shape index (κ2) is 50.0. The lowest BCUT2D eigenvalue weighted by Crippen LogP contribution is -2.51. The normalized spacial score (nSPS) is 14.7. The molecule has 0 saturated heterocycles. The van der Waals surface area contributed by atoms with Gasteiger partial charge in [-0.1, -0.05) is 222 Å². The second-order valence-corrected chi connectivity index (χ2v) is 22.6. The predicted octanol–water partition coefficient (Wildman–Crippen LogP) is 16.5. The highest BCUT2D eigenvalue weighted by Gasteiger charge is 2.31. The molecular weight excluding hydrogens is 880 g/mol. The van der Waals surface area contributed by atoms with Crippen LogP contribution < -0.4 is 5.32 Å². The number of unbranched alkanes of at least 4 members (excludes halogenated alkanes) is 32. The predicted molar refractivity (Wildman–Crippen MR) is 297 cm³/mol. The van der Waals surface area contributed by atoms with Gasteiger partial charge in [0.25, 0.3) is 0 Å². The highest BCUT2D eigenvalue weighted by atomic mass is 31.2. The number of aliphatic hydroxyl groups is 2. The van der Waals surface area contributed by atoms with Gasteiger partial charge in [0.1, 0.15) is 19.3 Å². The molecule has 0 aliphatic carbocycles. The van der Waals surface area contributed by atoms with Crippen LogP contribution in [0.25, 0.3) is 0 Å². The van der Waals surface area contributed by atoms with Crippen LogP contribution in [0.3, 0.4) is 0 Å². The van der Waals surface area contributed by atoms with Crippen molar-refractivity contribution in [3.63, 3.8) is 0 Å². The third-order valence-electron chi connectivity index (χ3n) is 13.2. The van der Waals surface area contributed by atoms with E-state index in [2.05, 4.69) is 60.8 Å². The first-order valence-electron chi connectivity index (χ1n) is 29.1. The standard InChI is InChI=1S/C59H113N2O7P/c1-6-8-10-12-14-16-18-20-21-22-23-24-25-26-27-28-29-30-31-32-33-34-35-36-37-38-39-40-42-44-46-48-50-52-58(63)60-56(55-68-69(65,66)67-54-53-61(3,4)5)59(64)57(62)51-49-47-45-43-41-19-17-15-13-11-9-7-2/h7,9,15,17,22-23,43,45,56-57,59,62,64H,6,8,10-14,16,18-21,24-42,44,46-55H2,1-5H3,(H-,60,63,65,66)/p+1/b9-7+,17-15+,23-22-,45-43+. The smallest absolute Gasteiger partial charge is 0.390 e. The van der Waals surface area contributed by atoms with E-state index in [1.165, 1.54) is 180 Å². The number of rotatable bonds is 53. The number of carbonyl (C=O) groups excluding carboxylic acids is 1. The minimum atomic E-state index is -4.43. The van der Waals surface area contributed by atoms with Gasteiger partial charge in [-0.15, -0.1) is 0 Å². The zero-order chi connectivity index (χ0) is 50.8. The van der Waals surface area contributed by atoms with E-state index in [1.54, 1.807) is 0 Å². The molecule has 9 nitrogen and oxygen atoms in total. The summed E-state index contributed by atoms with van der Waals surface area (Å²) in [7, 11) is 1.41. The van der Waals surface area contributed by atoms with Gasteiger partial charge in [0.15, 0.2) is 0 Å².